The molecule has 1 saturated heterocycles. The number of hydrogen-bond donors (Lipinski definition) is 1. The zero-order chi connectivity index (χ0) is 17.4. The molecule has 1 aromatic carbocycles. The molecular formula is C17H20Cl2FN5O. The van der Waals surface area contributed by atoms with Crippen LogP contribution in [0.1, 0.15) is 40.8 Å². The van der Waals surface area contributed by atoms with Gasteiger partial charge in [-0.15, -0.1) is 22.6 Å². The van der Waals surface area contributed by atoms with Gasteiger partial charge in [0, 0.05) is 37.7 Å². The first kappa shape index (κ1) is 19.1. The van der Waals surface area contributed by atoms with Crippen molar-refractivity contribution in [3.05, 3.63) is 46.3 Å². The van der Waals surface area contributed by atoms with Gasteiger partial charge in [0.15, 0.2) is 0 Å². The molecule has 0 radical (unpaired) electrons. The van der Waals surface area contributed by atoms with E-state index in [1.807, 2.05) is 0 Å². The largest absolute Gasteiger partial charge is 0.339 e. The second-order valence-electron chi connectivity index (χ2n) is 6.50. The molecule has 140 valence electrons. The van der Waals surface area contributed by atoms with Crippen LogP contribution in [0.3, 0.4) is 0 Å². The highest BCUT2D eigenvalue weighted by Crippen LogP contribution is 2.28. The van der Waals surface area contributed by atoms with Crippen molar-refractivity contribution in [1.82, 2.24) is 25.0 Å². The van der Waals surface area contributed by atoms with Crippen molar-refractivity contribution in [2.24, 2.45) is 0 Å². The van der Waals surface area contributed by atoms with Crippen molar-refractivity contribution in [1.29, 1.82) is 0 Å². The minimum atomic E-state index is -0.564. The lowest BCUT2D eigenvalue weighted by Gasteiger charge is -2.32. The molecule has 1 amide bonds. The van der Waals surface area contributed by atoms with Crippen LogP contribution in [0.4, 0.5) is 4.39 Å². The predicted molar refractivity (Wildman–Crippen MR) is 98.3 cm³/mol. The predicted octanol–water partition coefficient (Wildman–Crippen LogP) is 2.62. The molecule has 3 heterocycles. The van der Waals surface area contributed by atoms with Gasteiger partial charge in [-0.25, -0.2) is 4.39 Å². The van der Waals surface area contributed by atoms with Crippen molar-refractivity contribution in [3.63, 3.8) is 0 Å². The molecule has 6 nitrogen and oxygen atoms in total. The van der Waals surface area contributed by atoms with Crippen LogP contribution >= 0.6 is 24.0 Å². The monoisotopic (exact) mass is 399 g/mol. The van der Waals surface area contributed by atoms with Gasteiger partial charge in [-0.2, -0.15) is 0 Å². The molecule has 1 fully saturated rings. The summed E-state index contributed by atoms with van der Waals surface area (Å²) in [5, 5.41) is 12.0. The molecule has 0 aliphatic carbocycles. The second kappa shape index (κ2) is 7.90. The number of amides is 1. The molecule has 9 heteroatoms. The summed E-state index contributed by atoms with van der Waals surface area (Å²) in [6.45, 7) is 3.84. The molecule has 4 rings (SSSR count). The molecule has 1 aromatic heterocycles. The normalized spacial score (nSPS) is 17.5. The first-order valence-corrected chi connectivity index (χ1v) is 8.88. The van der Waals surface area contributed by atoms with Crippen LogP contribution < -0.4 is 5.32 Å². The summed E-state index contributed by atoms with van der Waals surface area (Å²) in [6.07, 6.45) is 1.68. The third-order valence-corrected chi connectivity index (χ3v) is 5.27. The Kier molecular flexibility index (Phi) is 5.79. The van der Waals surface area contributed by atoms with Crippen molar-refractivity contribution in [2.75, 3.05) is 19.6 Å². The Labute approximate surface area is 162 Å². The van der Waals surface area contributed by atoms with E-state index in [0.717, 1.165) is 44.1 Å². The van der Waals surface area contributed by atoms with Gasteiger partial charge in [0.05, 0.1) is 11.6 Å². The first-order chi connectivity index (χ1) is 12.1. The Balaban J connectivity index is 0.00000196. The van der Waals surface area contributed by atoms with E-state index < -0.39 is 5.82 Å². The number of aromatic nitrogens is 3. The van der Waals surface area contributed by atoms with E-state index in [1.54, 1.807) is 11.0 Å². The summed E-state index contributed by atoms with van der Waals surface area (Å²) in [5.41, 5.74) is 0.339. The van der Waals surface area contributed by atoms with E-state index in [2.05, 4.69) is 20.1 Å². The Hall–Kier alpha value is -1.70. The number of benzene rings is 1. The molecule has 0 saturated carbocycles. The number of hydrogen-bond acceptors (Lipinski definition) is 4. The van der Waals surface area contributed by atoms with Crippen molar-refractivity contribution in [3.8, 4) is 0 Å². The maximum Gasteiger partial charge on any atom is 0.253 e. The third-order valence-electron chi connectivity index (χ3n) is 4.97. The summed E-state index contributed by atoms with van der Waals surface area (Å²) in [5.74, 6) is 1.61. The summed E-state index contributed by atoms with van der Waals surface area (Å²) < 4.78 is 15.8. The Morgan fingerprint density at radius 2 is 2.00 bits per heavy atom. The maximum absolute atomic E-state index is 13.6. The van der Waals surface area contributed by atoms with Gasteiger partial charge in [-0.1, -0.05) is 11.6 Å². The van der Waals surface area contributed by atoms with E-state index in [9.17, 15) is 9.18 Å². The molecule has 0 bridgehead atoms. The highest BCUT2D eigenvalue weighted by Gasteiger charge is 2.29. The molecule has 26 heavy (non-hydrogen) atoms. The number of carbonyl (C=O) groups is 1. The van der Waals surface area contributed by atoms with E-state index in [4.69, 9.17) is 11.6 Å². The number of nitrogens with one attached hydrogen (secondary N) is 1. The Morgan fingerprint density at radius 3 is 2.73 bits per heavy atom. The van der Waals surface area contributed by atoms with Crippen LogP contribution in [0.2, 0.25) is 5.02 Å². The average molecular weight is 400 g/mol. The van der Waals surface area contributed by atoms with E-state index in [-0.39, 0.29) is 23.3 Å². The topological polar surface area (TPSA) is 63.1 Å². The fourth-order valence-corrected chi connectivity index (χ4v) is 3.69. The number of fused-ring (bicyclic) bond motifs is 1. The van der Waals surface area contributed by atoms with E-state index in [0.29, 0.717) is 24.6 Å². The summed E-state index contributed by atoms with van der Waals surface area (Å²) in [6, 6.07) is 4.20. The van der Waals surface area contributed by atoms with Crippen LogP contribution in [0.25, 0.3) is 0 Å². The first-order valence-electron chi connectivity index (χ1n) is 8.50. The Bertz CT molecular complexity index is 804. The lowest BCUT2D eigenvalue weighted by atomic mass is 9.95. The van der Waals surface area contributed by atoms with Crippen molar-refractivity contribution >= 4 is 29.9 Å². The fraction of sp³-hybridized carbons (Fsp3) is 0.471. The summed E-state index contributed by atoms with van der Waals surface area (Å²) in [7, 11) is 0. The number of likely N-dealkylation sites (tertiary alicyclic amines) is 1. The van der Waals surface area contributed by atoms with Crippen LogP contribution in [0.15, 0.2) is 18.2 Å². The highest BCUT2D eigenvalue weighted by atomic mass is 35.5. The van der Waals surface area contributed by atoms with Crippen LogP contribution in [0, 0.1) is 5.82 Å². The molecule has 2 aromatic rings. The number of halogens is 3. The van der Waals surface area contributed by atoms with Gasteiger partial charge in [0.25, 0.3) is 5.91 Å². The zero-order valence-corrected chi connectivity index (χ0v) is 15.7. The van der Waals surface area contributed by atoms with Gasteiger partial charge in [-0.05, 0) is 31.0 Å². The number of piperidine rings is 1. The molecule has 2 aliphatic heterocycles. The van der Waals surface area contributed by atoms with E-state index >= 15 is 0 Å². The van der Waals surface area contributed by atoms with Crippen LogP contribution in [0.5, 0.6) is 0 Å². The average Bonchev–Trinajstić information content (AvgIpc) is 3.08. The highest BCUT2D eigenvalue weighted by molar-refractivity contribution is 6.30. The van der Waals surface area contributed by atoms with Crippen molar-refractivity contribution in [2.45, 2.75) is 31.8 Å². The van der Waals surface area contributed by atoms with E-state index in [1.165, 1.54) is 12.1 Å². The standard InChI is InChI=1S/C17H19ClFN5O.ClH/c18-13-2-1-12(9-14(13)19)17(25)23-6-3-11(4-7-23)16-22-21-15-10-20-5-8-24(15)16;/h1-2,9,11,20H,3-8,10H2;1H. The lowest BCUT2D eigenvalue weighted by Crippen LogP contribution is -2.39. The van der Waals surface area contributed by atoms with Gasteiger partial charge < -0.3 is 14.8 Å². The maximum atomic E-state index is 13.6. The smallest absolute Gasteiger partial charge is 0.253 e. The number of nitrogens with zero attached hydrogens (tertiary/aromatic N) is 4. The quantitative estimate of drug-likeness (QED) is 0.842. The second-order valence-corrected chi connectivity index (χ2v) is 6.91. The summed E-state index contributed by atoms with van der Waals surface area (Å²) >= 11 is 5.69. The molecule has 2 aliphatic rings. The fourth-order valence-electron chi connectivity index (χ4n) is 3.57. The van der Waals surface area contributed by atoms with Gasteiger partial charge in [0.1, 0.15) is 17.5 Å². The summed E-state index contributed by atoms with van der Waals surface area (Å²) in [4.78, 5) is 14.3. The van der Waals surface area contributed by atoms with Gasteiger partial charge in [-0.3, -0.25) is 4.79 Å². The van der Waals surface area contributed by atoms with Crippen molar-refractivity contribution < 1.29 is 9.18 Å². The zero-order valence-electron chi connectivity index (χ0n) is 14.1. The molecule has 0 atom stereocenters. The molecule has 0 unspecified atom stereocenters. The minimum absolute atomic E-state index is 0. The molecular weight excluding hydrogens is 380 g/mol. The SMILES string of the molecule is Cl.O=C(c1ccc(Cl)c(F)c1)N1CCC(c2nnc3n2CCNC3)CC1. The minimum Gasteiger partial charge on any atom is -0.339 e. The molecule has 0 spiro atoms. The number of carbonyl (C=O) groups excluding carboxylic acids is 1. The third kappa shape index (κ3) is 3.56. The van der Waals surface area contributed by atoms with Gasteiger partial charge in [0.2, 0.25) is 0 Å². The van der Waals surface area contributed by atoms with Crippen LogP contribution in [-0.4, -0.2) is 45.2 Å². The lowest BCUT2D eigenvalue weighted by molar-refractivity contribution is 0.0709. The molecule has 1 N–H and O–H groups in total. The van der Waals surface area contributed by atoms with Gasteiger partial charge >= 0.3 is 0 Å². The Morgan fingerprint density at radius 1 is 1.23 bits per heavy atom. The van der Waals surface area contributed by atoms with Crippen LogP contribution in [-0.2, 0) is 13.1 Å². The number of rotatable bonds is 2.